The second-order valence-electron chi connectivity index (χ2n) is 5.64. The Labute approximate surface area is 131 Å². The lowest BCUT2D eigenvalue weighted by Crippen LogP contribution is -2.38. The summed E-state index contributed by atoms with van der Waals surface area (Å²) in [6.45, 7) is 3.13. The second-order valence-corrected chi connectivity index (χ2v) is 6.62. The van der Waals surface area contributed by atoms with Crippen LogP contribution in [-0.2, 0) is 4.74 Å². The van der Waals surface area contributed by atoms with Crippen molar-refractivity contribution in [1.82, 2.24) is 4.90 Å². The van der Waals surface area contributed by atoms with Gasteiger partial charge in [0, 0.05) is 17.5 Å². The zero-order chi connectivity index (χ0) is 14.9. The number of rotatable bonds is 8. The molecule has 4 nitrogen and oxygen atoms in total. The number of aliphatic hydroxyl groups excluding tert-OH is 2. The van der Waals surface area contributed by atoms with Crippen molar-refractivity contribution in [1.29, 1.82) is 0 Å². The largest absolute Gasteiger partial charge is 0.394 e. The van der Waals surface area contributed by atoms with Crippen LogP contribution in [0.1, 0.15) is 43.1 Å². The molecule has 1 fully saturated rings. The van der Waals surface area contributed by atoms with Crippen LogP contribution in [0.15, 0.2) is 17.5 Å². The standard InChI is InChI=1S/C16H27NO3S/c18-9-11-20-10-8-17-7-3-1-2-5-14(17)13-15(19)16-6-4-12-21-16/h4,6,12,14-15,18-19H,1-3,5,7-11,13H2. The van der Waals surface area contributed by atoms with Crippen LogP contribution in [-0.4, -0.2) is 54.1 Å². The molecule has 2 heterocycles. The van der Waals surface area contributed by atoms with Crippen LogP contribution in [0.2, 0.25) is 0 Å². The van der Waals surface area contributed by atoms with Gasteiger partial charge in [0.2, 0.25) is 0 Å². The fourth-order valence-electron chi connectivity index (χ4n) is 3.00. The molecule has 0 bridgehead atoms. The predicted octanol–water partition coefficient (Wildman–Crippen LogP) is 2.43. The number of hydrogen-bond acceptors (Lipinski definition) is 5. The number of thiophene rings is 1. The van der Waals surface area contributed by atoms with Gasteiger partial charge in [-0.3, -0.25) is 4.90 Å². The lowest BCUT2D eigenvalue weighted by Gasteiger charge is -2.31. The summed E-state index contributed by atoms with van der Waals surface area (Å²) in [4.78, 5) is 3.53. The van der Waals surface area contributed by atoms with Gasteiger partial charge >= 0.3 is 0 Å². The van der Waals surface area contributed by atoms with E-state index in [2.05, 4.69) is 4.90 Å². The molecule has 0 aromatic carbocycles. The number of nitrogens with zero attached hydrogens (tertiary/aromatic N) is 1. The van der Waals surface area contributed by atoms with E-state index in [1.54, 1.807) is 11.3 Å². The minimum atomic E-state index is -0.353. The number of hydrogen-bond donors (Lipinski definition) is 2. The number of ether oxygens (including phenoxy) is 1. The van der Waals surface area contributed by atoms with Crippen molar-refractivity contribution in [2.24, 2.45) is 0 Å². The van der Waals surface area contributed by atoms with E-state index in [0.29, 0.717) is 19.3 Å². The third-order valence-electron chi connectivity index (χ3n) is 4.12. The van der Waals surface area contributed by atoms with Gasteiger partial charge in [-0.25, -0.2) is 0 Å². The zero-order valence-electron chi connectivity index (χ0n) is 12.6. The Bertz CT molecular complexity index is 372. The van der Waals surface area contributed by atoms with E-state index in [1.165, 1.54) is 19.3 Å². The van der Waals surface area contributed by atoms with E-state index >= 15 is 0 Å². The zero-order valence-corrected chi connectivity index (χ0v) is 13.4. The smallest absolute Gasteiger partial charge is 0.0896 e. The molecule has 2 atom stereocenters. The maximum atomic E-state index is 10.4. The minimum Gasteiger partial charge on any atom is -0.394 e. The lowest BCUT2D eigenvalue weighted by molar-refractivity contribution is 0.0508. The van der Waals surface area contributed by atoms with Gasteiger partial charge in [-0.1, -0.05) is 18.9 Å². The van der Waals surface area contributed by atoms with Gasteiger partial charge in [0.15, 0.2) is 0 Å². The SMILES string of the molecule is OCCOCCN1CCCCCC1CC(O)c1cccs1. The summed E-state index contributed by atoms with van der Waals surface area (Å²) in [5.41, 5.74) is 0. The van der Waals surface area contributed by atoms with E-state index in [4.69, 9.17) is 9.84 Å². The van der Waals surface area contributed by atoms with Gasteiger partial charge in [0.05, 0.1) is 25.9 Å². The first-order chi connectivity index (χ1) is 10.3. The second kappa shape index (κ2) is 9.54. The van der Waals surface area contributed by atoms with Crippen molar-refractivity contribution >= 4 is 11.3 Å². The van der Waals surface area contributed by atoms with Gasteiger partial charge in [0.1, 0.15) is 0 Å². The van der Waals surface area contributed by atoms with Crippen LogP contribution in [0, 0.1) is 0 Å². The van der Waals surface area contributed by atoms with Gasteiger partial charge in [-0.05, 0) is 37.3 Å². The first kappa shape index (κ1) is 16.9. The fourth-order valence-corrected chi connectivity index (χ4v) is 3.73. The average Bonchev–Trinajstić information content (AvgIpc) is 2.94. The van der Waals surface area contributed by atoms with Crippen LogP contribution < -0.4 is 0 Å². The van der Waals surface area contributed by atoms with Gasteiger partial charge < -0.3 is 14.9 Å². The highest BCUT2D eigenvalue weighted by Gasteiger charge is 2.24. The molecule has 0 amide bonds. The Morgan fingerprint density at radius 3 is 3.00 bits per heavy atom. The molecule has 2 N–H and O–H groups in total. The number of aliphatic hydroxyl groups is 2. The van der Waals surface area contributed by atoms with Gasteiger partial charge in [-0.2, -0.15) is 0 Å². The molecule has 1 saturated heterocycles. The summed E-state index contributed by atoms with van der Waals surface area (Å²) in [6, 6.07) is 4.44. The molecule has 21 heavy (non-hydrogen) atoms. The Hall–Kier alpha value is -0.460. The summed E-state index contributed by atoms with van der Waals surface area (Å²) in [5, 5.41) is 21.2. The topological polar surface area (TPSA) is 52.9 Å². The van der Waals surface area contributed by atoms with E-state index in [0.717, 1.165) is 30.8 Å². The third kappa shape index (κ3) is 5.68. The molecular weight excluding hydrogens is 286 g/mol. The average molecular weight is 313 g/mol. The highest BCUT2D eigenvalue weighted by molar-refractivity contribution is 7.10. The molecule has 2 unspecified atom stereocenters. The Kier molecular flexibility index (Phi) is 7.68. The summed E-state index contributed by atoms with van der Waals surface area (Å²) in [5.74, 6) is 0. The molecular formula is C16H27NO3S. The van der Waals surface area contributed by atoms with Crippen molar-refractivity contribution in [3.8, 4) is 0 Å². The molecule has 1 aliphatic rings. The fraction of sp³-hybridized carbons (Fsp3) is 0.750. The van der Waals surface area contributed by atoms with Crippen molar-refractivity contribution in [2.45, 2.75) is 44.2 Å². The highest BCUT2D eigenvalue weighted by atomic mass is 32.1. The summed E-state index contributed by atoms with van der Waals surface area (Å²) >= 11 is 1.63. The quantitative estimate of drug-likeness (QED) is 0.724. The normalized spacial score (nSPS) is 22.1. The molecule has 0 aliphatic carbocycles. The molecule has 0 radical (unpaired) electrons. The molecule has 1 aromatic rings. The Balaban J connectivity index is 1.85. The van der Waals surface area contributed by atoms with Gasteiger partial charge in [-0.15, -0.1) is 11.3 Å². The van der Waals surface area contributed by atoms with Crippen molar-refractivity contribution in [3.05, 3.63) is 22.4 Å². The van der Waals surface area contributed by atoms with Gasteiger partial charge in [0.25, 0.3) is 0 Å². The predicted molar refractivity (Wildman–Crippen MR) is 85.6 cm³/mol. The van der Waals surface area contributed by atoms with Crippen LogP contribution in [0.3, 0.4) is 0 Å². The van der Waals surface area contributed by atoms with Crippen LogP contribution in [0.25, 0.3) is 0 Å². The van der Waals surface area contributed by atoms with Crippen molar-refractivity contribution in [2.75, 3.05) is 32.9 Å². The molecule has 1 aliphatic heterocycles. The molecule has 1 aromatic heterocycles. The molecule has 5 heteroatoms. The van der Waals surface area contributed by atoms with Crippen LogP contribution in [0.5, 0.6) is 0 Å². The third-order valence-corrected chi connectivity index (χ3v) is 5.10. The molecule has 0 spiro atoms. The molecule has 120 valence electrons. The van der Waals surface area contributed by atoms with E-state index in [9.17, 15) is 5.11 Å². The minimum absolute atomic E-state index is 0.0838. The summed E-state index contributed by atoms with van der Waals surface area (Å²) in [6.07, 6.45) is 5.36. The first-order valence-electron chi connectivity index (χ1n) is 7.95. The van der Waals surface area contributed by atoms with Crippen molar-refractivity contribution < 1.29 is 14.9 Å². The van der Waals surface area contributed by atoms with Crippen LogP contribution in [0.4, 0.5) is 0 Å². The molecule has 0 saturated carbocycles. The maximum Gasteiger partial charge on any atom is 0.0896 e. The summed E-state index contributed by atoms with van der Waals surface area (Å²) < 4.78 is 5.40. The monoisotopic (exact) mass is 313 g/mol. The molecule has 2 rings (SSSR count). The number of likely N-dealkylation sites (tertiary alicyclic amines) is 1. The van der Waals surface area contributed by atoms with E-state index in [1.807, 2.05) is 17.5 Å². The van der Waals surface area contributed by atoms with Crippen LogP contribution >= 0.6 is 11.3 Å². The van der Waals surface area contributed by atoms with Crippen molar-refractivity contribution in [3.63, 3.8) is 0 Å². The Morgan fingerprint density at radius 1 is 1.33 bits per heavy atom. The maximum absolute atomic E-state index is 10.4. The highest BCUT2D eigenvalue weighted by Crippen LogP contribution is 2.28. The van der Waals surface area contributed by atoms with E-state index in [-0.39, 0.29) is 12.7 Å². The summed E-state index contributed by atoms with van der Waals surface area (Å²) in [7, 11) is 0. The first-order valence-corrected chi connectivity index (χ1v) is 8.83. The Morgan fingerprint density at radius 2 is 2.24 bits per heavy atom. The van der Waals surface area contributed by atoms with E-state index < -0.39 is 0 Å². The lowest BCUT2D eigenvalue weighted by atomic mass is 10.0.